The molecule has 3 N–H and O–H groups in total. The minimum absolute atomic E-state index is 0.110. The summed E-state index contributed by atoms with van der Waals surface area (Å²) in [5, 5.41) is 0. The molecule has 6 heteroatoms. The van der Waals surface area contributed by atoms with Crippen molar-refractivity contribution in [2.45, 2.75) is 25.5 Å². The van der Waals surface area contributed by atoms with Crippen LogP contribution in [-0.4, -0.2) is 20.3 Å². The third-order valence-electron chi connectivity index (χ3n) is 2.53. The van der Waals surface area contributed by atoms with Crippen LogP contribution >= 0.6 is 0 Å². The molecule has 1 aromatic carbocycles. The van der Waals surface area contributed by atoms with Crippen molar-refractivity contribution in [1.82, 2.24) is 5.43 Å². The lowest BCUT2D eigenvalue weighted by Crippen LogP contribution is -2.28. The molecule has 0 amide bonds. The van der Waals surface area contributed by atoms with Crippen LogP contribution in [0.2, 0.25) is 0 Å². The Bertz CT molecular complexity index is 351. The Kier molecular flexibility index (Phi) is 6.56. The molecule has 0 aliphatic carbocycles. The maximum Gasteiger partial charge on any atom is 0.387 e. The zero-order chi connectivity index (χ0) is 13.4. The van der Waals surface area contributed by atoms with Gasteiger partial charge in [0.2, 0.25) is 0 Å². The molecular weight excluding hydrogens is 242 g/mol. The summed E-state index contributed by atoms with van der Waals surface area (Å²) in [5.41, 5.74) is 3.47. The number of nitrogens with one attached hydrogen (secondary N) is 1. The molecule has 1 unspecified atom stereocenters. The van der Waals surface area contributed by atoms with Crippen LogP contribution < -0.4 is 16.0 Å². The number of benzene rings is 1. The molecule has 0 saturated carbocycles. The zero-order valence-corrected chi connectivity index (χ0v) is 10.2. The molecule has 1 rings (SSSR count). The van der Waals surface area contributed by atoms with Gasteiger partial charge in [-0.25, -0.2) is 0 Å². The topological polar surface area (TPSA) is 56.5 Å². The van der Waals surface area contributed by atoms with Crippen molar-refractivity contribution in [3.63, 3.8) is 0 Å². The second-order valence-electron chi connectivity index (χ2n) is 3.81. The predicted octanol–water partition coefficient (Wildman–Crippen LogP) is 2.22. The molecule has 0 radical (unpaired) electrons. The summed E-state index contributed by atoms with van der Waals surface area (Å²) in [4.78, 5) is 0. The molecule has 0 spiro atoms. The van der Waals surface area contributed by atoms with Crippen molar-refractivity contribution in [1.29, 1.82) is 0 Å². The molecule has 0 fully saturated rings. The minimum Gasteiger partial charge on any atom is -0.435 e. The number of nitrogens with two attached hydrogens (primary N) is 1. The van der Waals surface area contributed by atoms with Gasteiger partial charge in [-0.05, 0) is 30.5 Å². The quantitative estimate of drug-likeness (QED) is 0.427. The number of ether oxygens (including phenoxy) is 2. The molecular formula is C12H18F2N2O2. The summed E-state index contributed by atoms with van der Waals surface area (Å²) in [7, 11) is 1.63. The molecule has 102 valence electrons. The Morgan fingerprint density at radius 3 is 2.78 bits per heavy atom. The smallest absolute Gasteiger partial charge is 0.387 e. The van der Waals surface area contributed by atoms with Gasteiger partial charge in [-0.2, -0.15) is 8.78 Å². The van der Waals surface area contributed by atoms with E-state index in [1.54, 1.807) is 19.2 Å². The van der Waals surface area contributed by atoms with E-state index < -0.39 is 6.61 Å². The maximum atomic E-state index is 12.1. The average molecular weight is 260 g/mol. The standard InChI is InChI=1S/C12H18F2N2O2/c1-17-7-3-6-11(16-15)9-4-2-5-10(8-9)18-12(13)14/h2,4-5,8,11-12,16H,3,6-7,15H2,1H3. The van der Waals surface area contributed by atoms with E-state index in [0.29, 0.717) is 6.61 Å². The lowest BCUT2D eigenvalue weighted by Gasteiger charge is -2.17. The lowest BCUT2D eigenvalue weighted by atomic mass is 10.0. The normalized spacial score (nSPS) is 12.7. The van der Waals surface area contributed by atoms with Crippen LogP contribution in [0.5, 0.6) is 5.75 Å². The fourth-order valence-electron chi connectivity index (χ4n) is 1.69. The van der Waals surface area contributed by atoms with Crippen LogP contribution in [0.3, 0.4) is 0 Å². The second-order valence-corrected chi connectivity index (χ2v) is 3.81. The van der Waals surface area contributed by atoms with Gasteiger partial charge in [0, 0.05) is 19.8 Å². The van der Waals surface area contributed by atoms with Crippen molar-refractivity contribution in [3.05, 3.63) is 29.8 Å². The Balaban J connectivity index is 2.66. The van der Waals surface area contributed by atoms with E-state index in [1.807, 2.05) is 6.07 Å². The third-order valence-corrected chi connectivity index (χ3v) is 2.53. The molecule has 0 bridgehead atoms. The molecule has 0 heterocycles. The number of rotatable bonds is 8. The first-order valence-electron chi connectivity index (χ1n) is 5.67. The van der Waals surface area contributed by atoms with Crippen molar-refractivity contribution in [3.8, 4) is 5.75 Å². The van der Waals surface area contributed by atoms with Gasteiger partial charge in [0.05, 0.1) is 0 Å². The van der Waals surface area contributed by atoms with Crippen LogP contribution in [0.1, 0.15) is 24.4 Å². The highest BCUT2D eigenvalue weighted by Crippen LogP contribution is 2.23. The highest BCUT2D eigenvalue weighted by molar-refractivity contribution is 5.30. The van der Waals surface area contributed by atoms with Gasteiger partial charge >= 0.3 is 6.61 Å². The fraction of sp³-hybridized carbons (Fsp3) is 0.500. The van der Waals surface area contributed by atoms with Gasteiger partial charge in [0.25, 0.3) is 0 Å². The van der Waals surface area contributed by atoms with Crippen LogP contribution in [-0.2, 0) is 4.74 Å². The van der Waals surface area contributed by atoms with Crippen LogP contribution in [0.4, 0.5) is 8.78 Å². The van der Waals surface area contributed by atoms with E-state index in [2.05, 4.69) is 10.2 Å². The van der Waals surface area contributed by atoms with E-state index in [0.717, 1.165) is 18.4 Å². The lowest BCUT2D eigenvalue weighted by molar-refractivity contribution is -0.0499. The number of alkyl halides is 2. The second kappa shape index (κ2) is 7.97. The summed E-state index contributed by atoms with van der Waals surface area (Å²) in [6, 6.07) is 6.41. The zero-order valence-electron chi connectivity index (χ0n) is 10.2. The van der Waals surface area contributed by atoms with Gasteiger partial charge in [0.15, 0.2) is 0 Å². The van der Waals surface area contributed by atoms with Crippen LogP contribution in [0.15, 0.2) is 24.3 Å². The number of hydrogen-bond acceptors (Lipinski definition) is 4. The van der Waals surface area contributed by atoms with Crippen LogP contribution in [0, 0.1) is 0 Å². The summed E-state index contributed by atoms with van der Waals surface area (Å²) in [6.45, 7) is -2.19. The Morgan fingerprint density at radius 1 is 1.39 bits per heavy atom. The summed E-state index contributed by atoms with van der Waals surface area (Å²) >= 11 is 0. The van der Waals surface area contributed by atoms with E-state index in [-0.39, 0.29) is 11.8 Å². The third kappa shape index (κ3) is 4.95. The maximum absolute atomic E-state index is 12.1. The summed E-state index contributed by atoms with van der Waals surface area (Å²) in [6.07, 6.45) is 1.58. The van der Waals surface area contributed by atoms with Gasteiger partial charge in [0.1, 0.15) is 5.75 Å². The first-order valence-corrected chi connectivity index (χ1v) is 5.67. The van der Waals surface area contributed by atoms with Crippen molar-refractivity contribution < 1.29 is 18.3 Å². The molecule has 0 aliphatic rings. The Labute approximate surface area is 105 Å². The molecule has 1 atom stereocenters. The average Bonchev–Trinajstić information content (AvgIpc) is 2.34. The van der Waals surface area contributed by atoms with Crippen molar-refractivity contribution in [2.75, 3.05) is 13.7 Å². The van der Waals surface area contributed by atoms with E-state index >= 15 is 0 Å². The minimum atomic E-state index is -2.82. The molecule has 0 aromatic heterocycles. The fourth-order valence-corrected chi connectivity index (χ4v) is 1.69. The largest absolute Gasteiger partial charge is 0.435 e. The summed E-state index contributed by atoms with van der Waals surface area (Å²) in [5.74, 6) is 5.59. The van der Waals surface area contributed by atoms with Crippen molar-refractivity contribution >= 4 is 0 Å². The van der Waals surface area contributed by atoms with Crippen LogP contribution in [0.25, 0.3) is 0 Å². The molecule has 1 aromatic rings. The van der Waals surface area contributed by atoms with Gasteiger partial charge in [-0.3, -0.25) is 11.3 Å². The van der Waals surface area contributed by atoms with E-state index in [1.165, 1.54) is 6.07 Å². The molecule has 0 aliphatic heterocycles. The molecule has 4 nitrogen and oxygen atoms in total. The first-order chi connectivity index (χ1) is 8.67. The number of halogens is 2. The molecule has 0 saturated heterocycles. The Morgan fingerprint density at radius 2 is 2.17 bits per heavy atom. The SMILES string of the molecule is COCCCC(NN)c1cccc(OC(F)F)c1. The monoisotopic (exact) mass is 260 g/mol. The van der Waals surface area contributed by atoms with Crippen molar-refractivity contribution in [2.24, 2.45) is 5.84 Å². The highest BCUT2D eigenvalue weighted by Gasteiger charge is 2.11. The van der Waals surface area contributed by atoms with E-state index in [4.69, 9.17) is 10.6 Å². The summed E-state index contributed by atoms with van der Waals surface area (Å²) < 4.78 is 33.5. The first kappa shape index (κ1) is 14.8. The predicted molar refractivity (Wildman–Crippen MR) is 64.2 cm³/mol. The van der Waals surface area contributed by atoms with Gasteiger partial charge in [-0.1, -0.05) is 12.1 Å². The number of hydrogen-bond donors (Lipinski definition) is 2. The number of hydrazine groups is 1. The Hall–Kier alpha value is -1.24. The van der Waals surface area contributed by atoms with E-state index in [9.17, 15) is 8.78 Å². The van der Waals surface area contributed by atoms with Gasteiger partial charge < -0.3 is 9.47 Å². The molecule has 18 heavy (non-hydrogen) atoms. The van der Waals surface area contributed by atoms with Gasteiger partial charge in [-0.15, -0.1) is 0 Å². The highest BCUT2D eigenvalue weighted by atomic mass is 19.3. The number of methoxy groups -OCH3 is 1.